The standard InChI is InChI=1S/C6H12N2O2/c7-2-1-4-3-5(8)6(9)10-4/h4-5H,1-3,7-8H2/t4-,5+/m1/s1. The topological polar surface area (TPSA) is 78.3 Å². The fourth-order valence-electron chi connectivity index (χ4n) is 1.04. The molecule has 1 fully saturated rings. The Labute approximate surface area is 59.5 Å². The van der Waals surface area contributed by atoms with Crippen molar-refractivity contribution in [2.75, 3.05) is 6.54 Å². The van der Waals surface area contributed by atoms with Crippen LogP contribution in [0.4, 0.5) is 0 Å². The van der Waals surface area contributed by atoms with Crippen LogP contribution in [0.1, 0.15) is 12.8 Å². The summed E-state index contributed by atoms with van der Waals surface area (Å²) in [4.78, 5) is 10.7. The van der Waals surface area contributed by atoms with Gasteiger partial charge in [0.1, 0.15) is 12.1 Å². The third kappa shape index (κ3) is 1.46. The lowest BCUT2D eigenvalue weighted by atomic mass is 10.1. The minimum absolute atomic E-state index is 0.0347. The fourth-order valence-corrected chi connectivity index (χ4v) is 1.04. The lowest BCUT2D eigenvalue weighted by Gasteiger charge is -2.04. The number of carbonyl (C=O) groups excluding carboxylic acids is 1. The predicted octanol–water partition coefficient (Wildman–Crippen LogP) is -1.02. The molecular weight excluding hydrogens is 132 g/mol. The summed E-state index contributed by atoms with van der Waals surface area (Å²) in [6.07, 6.45) is 1.31. The Balaban J connectivity index is 2.34. The average Bonchev–Trinajstić information content (AvgIpc) is 2.14. The largest absolute Gasteiger partial charge is 0.461 e. The van der Waals surface area contributed by atoms with Crippen LogP contribution in [0.15, 0.2) is 0 Å². The van der Waals surface area contributed by atoms with Gasteiger partial charge in [0, 0.05) is 6.42 Å². The summed E-state index contributed by atoms with van der Waals surface area (Å²) in [5.74, 6) is -0.293. The molecule has 0 saturated carbocycles. The summed E-state index contributed by atoms with van der Waals surface area (Å²) in [6, 6.07) is -0.420. The number of carbonyl (C=O) groups is 1. The van der Waals surface area contributed by atoms with E-state index in [1.165, 1.54) is 0 Å². The van der Waals surface area contributed by atoms with E-state index >= 15 is 0 Å². The Bertz CT molecular complexity index is 138. The molecule has 0 radical (unpaired) electrons. The Hall–Kier alpha value is -0.610. The van der Waals surface area contributed by atoms with E-state index in [9.17, 15) is 4.79 Å². The molecule has 2 atom stereocenters. The Morgan fingerprint density at radius 1 is 1.70 bits per heavy atom. The van der Waals surface area contributed by atoms with Crippen molar-refractivity contribution < 1.29 is 9.53 Å². The van der Waals surface area contributed by atoms with Crippen LogP contribution in [0.25, 0.3) is 0 Å². The fraction of sp³-hybridized carbons (Fsp3) is 0.833. The van der Waals surface area contributed by atoms with Crippen LogP contribution in [0.3, 0.4) is 0 Å². The first-order valence-corrected chi connectivity index (χ1v) is 3.40. The van der Waals surface area contributed by atoms with Crippen molar-refractivity contribution in [3.8, 4) is 0 Å². The lowest BCUT2D eigenvalue weighted by Crippen LogP contribution is -2.24. The van der Waals surface area contributed by atoms with E-state index in [1.54, 1.807) is 0 Å². The van der Waals surface area contributed by atoms with E-state index in [0.717, 1.165) is 6.42 Å². The third-order valence-electron chi connectivity index (χ3n) is 1.59. The van der Waals surface area contributed by atoms with E-state index < -0.39 is 6.04 Å². The van der Waals surface area contributed by atoms with Crippen molar-refractivity contribution in [3.63, 3.8) is 0 Å². The highest BCUT2D eigenvalue weighted by Crippen LogP contribution is 2.14. The molecule has 0 aromatic carbocycles. The molecular formula is C6H12N2O2. The molecule has 0 bridgehead atoms. The molecule has 1 aliphatic rings. The normalized spacial score (nSPS) is 32.4. The summed E-state index contributed by atoms with van der Waals surface area (Å²) in [5.41, 5.74) is 10.7. The maximum atomic E-state index is 10.7. The molecule has 1 saturated heterocycles. The van der Waals surface area contributed by atoms with Gasteiger partial charge in [0.15, 0.2) is 0 Å². The number of ether oxygens (including phenoxy) is 1. The first kappa shape index (κ1) is 7.50. The van der Waals surface area contributed by atoms with Gasteiger partial charge in [-0.05, 0) is 13.0 Å². The number of hydrogen-bond donors (Lipinski definition) is 2. The second-order valence-corrected chi connectivity index (χ2v) is 2.48. The molecule has 58 valence electrons. The highest BCUT2D eigenvalue weighted by Gasteiger charge is 2.30. The quantitative estimate of drug-likeness (QED) is 0.486. The van der Waals surface area contributed by atoms with Gasteiger partial charge in [-0.2, -0.15) is 0 Å². The molecule has 4 N–H and O–H groups in total. The van der Waals surface area contributed by atoms with Gasteiger partial charge in [-0.15, -0.1) is 0 Å². The highest BCUT2D eigenvalue weighted by molar-refractivity contribution is 5.77. The van der Waals surface area contributed by atoms with E-state index in [4.69, 9.17) is 16.2 Å². The molecule has 4 nitrogen and oxygen atoms in total. The van der Waals surface area contributed by atoms with Gasteiger partial charge in [0.05, 0.1) is 0 Å². The molecule has 0 aromatic heterocycles. The van der Waals surface area contributed by atoms with Crippen LogP contribution in [0, 0.1) is 0 Å². The predicted molar refractivity (Wildman–Crippen MR) is 36.1 cm³/mol. The summed E-state index contributed by atoms with van der Waals surface area (Å²) in [7, 11) is 0. The van der Waals surface area contributed by atoms with Crippen LogP contribution in [-0.2, 0) is 9.53 Å². The molecule has 0 spiro atoms. The van der Waals surface area contributed by atoms with Crippen molar-refractivity contribution >= 4 is 5.97 Å². The minimum Gasteiger partial charge on any atom is -0.461 e. The van der Waals surface area contributed by atoms with Crippen molar-refractivity contribution in [1.29, 1.82) is 0 Å². The van der Waals surface area contributed by atoms with Gasteiger partial charge < -0.3 is 16.2 Å². The lowest BCUT2D eigenvalue weighted by molar-refractivity contribution is -0.142. The number of nitrogens with two attached hydrogens (primary N) is 2. The molecule has 1 heterocycles. The van der Waals surface area contributed by atoms with Crippen LogP contribution < -0.4 is 11.5 Å². The highest BCUT2D eigenvalue weighted by atomic mass is 16.6. The van der Waals surface area contributed by atoms with Crippen molar-refractivity contribution in [1.82, 2.24) is 0 Å². The second kappa shape index (κ2) is 2.98. The zero-order valence-corrected chi connectivity index (χ0v) is 5.75. The maximum Gasteiger partial charge on any atom is 0.323 e. The van der Waals surface area contributed by atoms with E-state index in [1.807, 2.05) is 0 Å². The Morgan fingerprint density at radius 3 is 2.80 bits per heavy atom. The van der Waals surface area contributed by atoms with E-state index in [0.29, 0.717) is 13.0 Å². The summed E-state index contributed by atoms with van der Waals surface area (Å²) in [6.45, 7) is 0.546. The number of esters is 1. The van der Waals surface area contributed by atoms with Crippen LogP contribution >= 0.6 is 0 Å². The monoisotopic (exact) mass is 144 g/mol. The molecule has 0 amide bonds. The summed E-state index contributed by atoms with van der Waals surface area (Å²) < 4.78 is 4.87. The van der Waals surface area contributed by atoms with Gasteiger partial charge in [0.2, 0.25) is 0 Å². The molecule has 0 aromatic rings. The Morgan fingerprint density at radius 2 is 2.40 bits per heavy atom. The van der Waals surface area contributed by atoms with E-state index in [2.05, 4.69) is 0 Å². The molecule has 1 aliphatic heterocycles. The van der Waals surface area contributed by atoms with Crippen LogP contribution in [0.2, 0.25) is 0 Å². The zero-order chi connectivity index (χ0) is 7.56. The molecule has 0 unspecified atom stereocenters. The number of rotatable bonds is 2. The number of hydrogen-bond acceptors (Lipinski definition) is 4. The van der Waals surface area contributed by atoms with Crippen LogP contribution in [-0.4, -0.2) is 24.7 Å². The van der Waals surface area contributed by atoms with Gasteiger partial charge in [-0.1, -0.05) is 0 Å². The van der Waals surface area contributed by atoms with Gasteiger partial charge in [-0.3, -0.25) is 4.79 Å². The third-order valence-corrected chi connectivity index (χ3v) is 1.59. The van der Waals surface area contributed by atoms with Gasteiger partial charge in [-0.25, -0.2) is 0 Å². The molecule has 0 aliphatic carbocycles. The van der Waals surface area contributed by atoms with Crippen molar-refractivity contribution in [2.24, 2.45) is 11.5 Å². The minimum atomic E-state index is -0.420. The maximum absolute atomic E-state index is 10.7. The Kier molecular flexibility index (Phi) is 2.24. The molecule has 4 heteroatoms. The summed E-state index contributed by atoms with van der Waals surface area (Å²) in [5, 5.41) is 0. The first-order chi connectivity index (χ1) is 4.74. The van der Waals surface area contributed by atoms with Gasteiger partial charge >= 0.3 is 5.97 Å². The summed E-state index contributed by atoms with van der Waals surface area (Å²) >= 11 is 0. The molecule has 1 rings (SSSR count). The SMILES string of the molecule is NCC[C@@H]1C[C@H](N)C(=O)O1. The van der Waals surface area contributed by atoms with E-state index in [-0.39, 0.29) is 12.1 Å². The number of cyclic esters (lactones) is 1. The molecule has 10 heavy (non-hydrogen) atoms. The first-order valence-electron chi connectivity index (χ1n) is 3.40. The van der Waals surface area contributed by atoms with Crippen molar-refractivity contribution in [2.45, 2.75) is 25.0 Å². The zero-order valence-electron chi connectivity index (χ0n) is 5.75. The smallest absolute Gasteiger partial charge is 0.323 e. The second-order valence-electron chi connectivity index (χ2n) is 2.48. The van der Waals surface area contributed by atoms with Gasteiger partial charge in [0.25, 0.3) is 0 Å². The van der Waals surface area contributed by atoms with Crippen LogP contribution in [0.5, 0.6) is 0 Å². The van der Waals surface area contributed by atoms with Crippen molar-refractivity contribution in [3.05, 3.63) is 0 Å². The average molecular weight is 144 g/mol.